The van der Waals surface area contributed by atoms with Crippen molar-refractivity contribution in [2.45, 2.75) is 27.2 Å². The molecule has 1 aromatic carbocycles. The van der Waals surface area contributed by atoms with E-state index in [1.807, 2.05) is 13.8 Å². The molecule has 0 unspecified atom stereocenters. The van der Waals surface area contributed by atoms with E-state index in [1.54, 1.807) is 18.2 Å². The number of nitrogens with one attached hydrogen (secondary N) is 1. The molecule has 0 aliphatic heterocycles. The summed E-state index contributed by atoms with van der Waals surface area (Å²) in [6.07, 6.45) is 0.967. The normalized spacial score (nSPS) is 10.7. The van der Waals surface area contributed by atoms with Gasteiger partial charge in [0.2, 0.25) is 0 Å². The minimum Gasteiger partial charge on any atom is -0.368 e. The van der Waals surface area contributed by atoms with Crippen molar-refractivity contribution in [2.75, 3.05) is 11.9 Å². The Bertz CT molecular complexity index is 629. The molecule has 1 heterocycles. The maximum absolute atomic E-state index is 14.3. The molecule has 2 rings (SSSR count). The minimum absolute atomic E-state index is 0.315. The summed E-state index contributed by atoms with van der Waals surface area (Å²) in [7, 11) is 0. The van der Waals surface area contributed by atoms with E-state index in [0.29, 0.717) is 21.5 Å². The van der Waals surface area contributed by atoms with Gasteiger partial charge in [-0.25, -0.2) is 14.4 Å². The van der Waals surface area contributed by atoms with Gasteiger partial charge in [-0.15, -0.1) is 0 Å². The summed E-state index contributed by atoms with van der Waals surface area (Å²) in [5, 5.41) is 3.22. The molecule has 0 fully saturated rings. The average Bonchev–Trinajstić information content (AvgIpc) is 2.43. The number of hydrogen-bond acceptors (Lipinski definition) is 3. The molecule has 0 spiro atoms. The first-order valence-corrected chi connectivity index (χ1v) is 7.37. The Kier molecular flexibility index (Phi) is 4.70. The molecule has 106 valence electrons. The molecular weight excluding hydrogens is 321 g/mol. The van der Waals surface area contributed by atoms with Crippen LogP contribution in [0.2, 0.25) is 0 Å². The summed E-state index contributed by atoms with van der Waals surface area (Å²) in [4.78, 5) is 9.01. The molecule has 0 aliphatic carbocycles. The van der Waals surface area contributed by atoms with Gasteiger partial charge >= 0.3 is 0 Å². The fourth-order valence-corrected chi connectivity index (χ4v) is 2.21. The number of benzene rings is 1. The van der Waals surface area contributed by atoms with Gasteiger partial charge in [0.05, 0.1) is 15.9 Å². The van der Waals surface area contributed by atoms with Gasteiger partial charge in [-0.2, -0.15) is 0 Å². The van der Waals surface area contributed by atoms with E-state index in [9.17, 15) is 4.39 Å². The van der Waals surface area contributed by atoms with Crippen LogP contribution in [0, 0.1) is 19.7 Å². The van der Waals surface area contributed by atoms with Crippen molar-refractivity contribution < 1.29 is 4.39 Å². The fourth-order valence-electron chi connectivity index (χ4n) is 1.84. The number of aromatic nitrogens is 2. The molecular formula is C15H17BrFN3. The lowest BCUT2D eigenvalue weighted by Gasteiger charge is -2.13. The first-order valence-electron chi connectivity index (χ1n) is 6.58. The van der Waals surface area contributed by atoms with Crippen LogP contribution in [0.5, 0.6) is 0 Å². The zero-order valence-electron chi connectivity index (χ0n) is 11.8. The Labute approximate surface area is 126 Å². The summed E-state index contributed by atoms with van der Waals surface area (Å²) in [6, 6.07) is 5.19. The average molecular weight is 338 g/mol. The van der Waals surface area contributed by atoms with Gasteiger partial charge in [-0.1, -0.05) is 13.0 Å². The quantitative estimate of drug-likeness (QED) is 0.893. The molecule has 0 atom stereocenters. The lowest BCUT2D eigenvalue weighted by Crippen LogP contribution is -2.08. The number of rotatable bonds is 4. The fraction of sp³-hybridized carbons (Fsp3) is 0.333. The summed E-state index contributed by atoms with van der Waals surface area (Å²) in [6.45, 7) is 6.63. The van der Waals surface area contributed by atoms with Crippen molar-refractivity contribution >= 4 is 21.7 Å². The monoisotopic (exact) mass is 337 g/mol. The highest BCUT2D eigenvalue weighted by atomic mass is 79.9. The highest BCUT2D eigenvalue weighted by Gasteiger charge is 2.16. The van der Waals surface area contributed by atoms with E-state index >= 15 is 0 Å². The third-order valence-electron chi connectivity index (χ3n) is 3.06. The predicted molar refractivity (Wildman–Crippen MR) is 83.4 cm³/mol. The smallest absolute Gasteiger partial charge is 0.153 e. The van der Waals surface area contributed by atoms with Gasteiger partial charge in [0.1, 0.15) is 11.5 Å². The Morgan fingerprint density at radius 1 is 1.20 bits per heavy atom. The first-order chi connectivity index (χ1) is 9.54. The van der Waals surface area contributed by atoms with E-state index in [4.69, 9.17) is 0 Å². The second kappa shape index (κ2) is 6.31. The zero-order chi connectivity index (χ0) is 14.7. The molecule has 0 radical (unpaired) electrons. The maximum atomic E-state index is 14.3. The predicted octanol–water partition coefficient (Wildman–Crippen LogP) is 4.48. The third-order valence-corrected chi connectivity index (χ3v) is 3.67. The maximum Gasteiger partial charge on any atom is 0.153 e. The van der Waals surface area contributed by atoms with Crippen LogP contribution in [0.3, 0.4) is 0 Å². The van der Waals surface area contributed by atoms with Gasteiger partial charge < -0.3 is 5.32 Å². The molecule has 1 N–H and O–H groups in total. The molecule has 5 heteroatoms. The van der Waals surface area contributed by atoms with Crippen molar-refractivity contribution in [3.8, 4) is 11.3 Å². The lowest BCUT2D eigenvalue weighted by atomic mass is 10.1. The van der Waals surface area contributed by atoms with E-state index in [2.05, 4.69) is 38.1 Å². The minimum atomic E-state index is -0.315. The second-order valence-electron chi connectivity index (χ2n) is 4.62. The summed E-state index contributed by atoms with van der Waals surface area (Å²) in [5.74, 6) is 0.316. The van der Waals surface area contributed by atoms with Crippen LogP contribution in [0.4, 0.5) is 10.2 Å². The Hall–Kier alpha value is -1.49. The molecule has 20 heavy (non-hydrogen) atoms. The van der Waals surface area contributed by atoms with Gasteiger partial charge in [-0.05, 0) is 48.3 Å². The van der Waals surface area contributed by atoms with Crippen LogP contribution < -0.4 is 5.32 Å². The highest BCUT2D eigenvalue weighted by molar-refractivity contribution is 9.10. The van der Waals surface area contributed by atoms with E-state index in [-0.39, 0.29) is 5.82 Å². The van der Waals surface area contributed by atoms with Crippen LogP contribution >= 0.6 is 15.9 Å². The summed E-state index contributed by atoms with van der Waals surface area (Å²) in [5.41, 5.74) is 2.66. The number of hydrogen-bond donors (Lipinski definition) is 1. The van der Waals surface area contributed by atoms with Gasteiger partial charge in [-0.3, -0.25) is 0 Å². The molecule has 3 nitrogen and oxygen atoms in total. The Morgan fingerprint density at radius 2 is 1.90 bits per heavy atom. The van der Waals surface area contributed by atoms with E-state index in [0.717, 1.165) is 24.4 Å². The number of nitrogens with zero attached hydrogens (tertiary/aromatic N) is 2. The number of anilines is 1. The highest BCUT2D eigenvalue weighted by Crippen LogP contribution is 2.31. The van der Waals surface area contributed by atoms with Gasteiger partial charge in [0.25, 0.3) is 0 Å². The molecule has 1 aromatic heterocycles. The molecule has 0 saturated carbocycles. The van der Waals surface area contributed by atoms with Crippen molar-refractivity contribution in [3.63, 3.8) is 0 Å². The molecule has 0 amide bonds. The zero-order valence-corrected chi connectivity index (χ0v) is 13.4. The number of aryl methyl sites for hydroxylation is 2. The van der Waals surface area contributed by atoms with Crippen molar-refractivity contribution in [3.05, 3.63) is 39.9 Å². The Morgan fingerprint density at radius 3 is 2.60 bits per heavy atom. The topological polar surface area (TPSA) is 37.8 Å². The summed E-state index contributed by atoms with van der Waals surface area (Å²) < 4.78 is 14.7. The van der Waals surface area contributed by atoms with Crippen LogP contribution in [-0.2, 0) is 0 Å². The van der Waals surface area contributed by atoms with E-state index in [1.165, 1.54) is 0 Å². The first kappa shape index (κ1) is 14.9. The van der Waals surface area contributed by atoms with Crippen LogP contribution in [0.25, 0.3) is 11.3 Å². The molecule has 0 aliphatic rings. The Balaban J connectivity index is 2.59. The largest absolute Gasteiger partial charge is 0.368 e. The standard InChI is InChI=1S/C15H17BrFN3/c1-4-8-18-15-14(19-9(2)10(3)20-15)11-6-5-7-12(16)13(11)17/h5-7H,4,8H2,1-3H3,(H,18,20). The van der Waals surface area contributed by atoms with Crippen molar-refractivity contribution in [1.29, 1.82) is 0 Å². The summed E-state index contributed by atoms with van der Waals surface area (Å²) >= 11 is 3.21. The number of halogens is 2. The van der Waals surface area contributed by atoms with Crippen LogP contribution in [0.15, 0.2) is 22.7 Å². The van der Waals surface area contributed by atoms with Crippen LogP contribution in [-0.4, -0.2) is 16.5 Å². The molecule has 0 bridgehead atoms. The van der Waals surface area contributed by atoms with Crippen LogP contribution in [0.1, 0.15) is 24.7 Å². The SMILES string of the molecule is CCCNc1nc(C)c(C)nc1-c1cccc(Br)c1F. The molecule has 2 aromatic rings. The van der Waals surface area contributed by atoms with Crippen molar-refractivity contribution in [1.82, 2.24) is 9.97 Å². The molecule has 0 saturated heterocycles. The lowest BCUT2D eigenvalue weighted by molar-refractivity contribution is 0.624. The third kappa shape index (κ3) is 2.98. The van der Waals surface area contributed by atoms with Crippen molar-refractivity contribution in [2.24, 2.45) is 0 Å². The van der Waals surface area contributed by atoms with Gasteiger partial charge in [0.15, 0.2) is 5.82 Å². The van der Waals surface area contributed by atoms with Gasteiger partial charge in [0, 0.05) is 12.1 Å². The van der Waals surface area contributed by atoms with E-state index < -0.39 is 0 Å². The second-order valence-corrected chi connectivity index (χ2v) is 5.47.